The number of carbonyl (C=O) groups excluding carboxylic acids is 1. The lowest BCUT2D eigenvalue weighted by atomic mass is 9.99. The first-order chi connectivity index (χ1) is 9.04. The quantitative estimate of drug-likeness (QED) is 0.658. The van der Waals surface area contributed by atoms with Crippen molar-refractivity contribution in [2.45, 2.75) is 25.6 Å². The first kappa shape index (κ1) is 13.8. The Hall–Kier alpha value is -1.59. The molecule has 0 saturated carbocycles. The van der Waals surface area contributed by atoms with Gasteiger partial charge in [0.25, 0.3) is 0 Å². The topological polar surface area (TPSA) is 70.8 Å². The second-order valence-corrected chi connectivity index (χ2v) is 4.74. The highest BCUT2D eigenvalue weighted by Crippen LogP contribution is 2.30. The van der Waals surface area contributed by atoms with Crippen molar-refractivity contribution in [1.29, 1.82) is 0 Å². The fourth-order valence-electron chi connectivity index (χ4n) is 2.23. The third-order valence-corrected chi connectivity index (χ3v) is 3.21. The van der Waals surface area contributed by atoms with Gasteiger partial charge in [0, 0.05) is 12.1 Å². The first-order valence-corrected chi connectivity index (χ1v) is 6.24. The van der Waals surface area contributed by atoms with Gasteiger partial charge in [-0.2, -0.15) is 0 Å². The predicted octanol–water partition coefficient (Wildman–Crippen LogP) is 1.43. The van der Waals surface area contributed by atoms with Crippen LogP contribution in [0, 0.1) is 6.92 Å². The van der Waals surface area contributed by atoms with Gasteiger partial charge in [-0.05, 0) is 18.6 Å². The van der Waals surface area contributed by atoms with Crippen molar-refractivity contribution in [2.75, 3.05) is 26.1 Å². The molecule has 2 N–H and O–H groups in total. The van der Waals surface area contributed by atoms with Crippen LogP contribution in [0.4, 0.5) is 5.69 Å². The number of nitrogens with two attached hydrogens (primary N) is 1. The van der Waals surface area contributed by atoms with Crippen LogP contribution in [-0.2, 0) is 25.4 Å². The van der Waals surface area contributed by atoms with E-state index in [4.69, 9.17) is 19.9 Å². The standard InChI is InChI=1S/C14H19NO4/c1-10-3-4-12(15)11(7-10)8-14(9-13(16)17-2)18-5-6-19-14/h3-4,7H,5-6,8-9,15H2,1-2H3. The maximum atomic E-state index is 11.5. The van der Waals surface area contributed by atoms with Crippen molar-refractivity contribution in [3.8, 4) is 0 Å². The number of rotatable bonds is 4. The summed E-state index contributed by atoms with van der Waals surface area (Å²) in [6.45, 7) is 2.94. The van der Waals surface area contributed by atoms with E-state index >= 15 is 0 Å². The zero-order valence-corrected chi connectivity index (χ0v) is 11.3. The molecule has 1 fully saturated rings. The lowest BCUT2D eigenvalue weighted by molar-refractivity contribution is -0.180. The van der Waals surface area contributed by atoms with E-state index in [0.29, 0.717) is 25.3 Å². The van der Waals surface area contributed by atoms with Gasteiger partial charge >= 0.3 is 5.97 Å². The Morgan fingerprint density at radius 2 is 2.11 bits per heavy atom. The Bertz CT molecular complexity index is 467. The minimum atomic E-state index is -0.949. The maximum absolute atomic E-state index is 11.5. The summed E-state index contributed by atoms with van der Waals surface area (Å²) in [4.78, 5) is 11.5. The van der Waals surface area contributed by atoms with Crippen LogP contribution in [-0.4, -0.2) is 32.1 Å². The molecular weight excluding hydrogens is 246 g/mol. The smallest absolute Gasteiger partial charge is 0.311 e. The van der Waals surface area contributed by atoms with E-state index in [2.05, 4.69) is 0 Å². The molecule has 0 bridgehead atoms. The highest BCUT2D eigenvalue weighted by Gasteiger charge is 2.39. The molecule has 5 heteroatoms. The zero-order chi connectivity index (χ0) is 13.9. The van der Waals surface area contributed by atoms with E-state index in [9.17, 15) is 4.79 Å². The Morgan fingerprint density at radius 3 is 2.74 bits per heavy atom. The molecule has 0 spiro atoms. The average molecular weight is 265 g/mol. The fraction of sp³-hybridized carbons (Fsp3) is 0.500. The third kappa shape index (κ3) is 3.24. The molecular formula is C14H19NO4. The van der Waals surface area contributed by atoms with E-state index in [-0.39, 0.29) is 12.4 Å². The van der Waals surface area contributed by atoms with Crippen molar-refractivity contribution in [1.82, 2.24) is 0 Å². The van der Waals surface area contributed by atoms with Crippen LogP contribution in [0.5, 0.6) is 0 Å². The molecule has 104 valence electrons. The number of hydrogen-bond acceptors (Lipinski definition) is 5. The van der Waals surface area contributed by atoms with Gasteiger partial charge in [0.15, 0.2) is 5.79 Å². The normalized spacial score (nSPS) is 17.4. The van der Waals surface area contributed by atoms with E-state index in [0.717, 1.165) is 11.1 Å². The molecule has 1 heterocycles. The van der Waals surface area contributed by atoms with Crippen molar-refractivity contribution in [3.05, 3.63) is 29.3 Å². The summed E-state index contributed by atoms with van der Waals surface area (Å²) in [6.07, 6.45) is 0.506. The molecule has 19 heavy (non-hydrogen) atoms. The minimum Gasteiger partial charge on any atom is -0.469 e. The SMILES string of the molecule is COC(=O)CC1(Cc2cc(C)ccc2N)OCCO1. The molecule has 1 aromatic rings. The molecule has 1 saturated heterocycles. The van der Waals surface area contributed by atoms with Crippen molar-refractivity contribution >= 4 is 11.7 Å². The summed E-state index contributed by atoms with van der Waals surface area (Å²) in [7, 11) is 1.35. The lowest BCUT2D eigenvalue weighted by Gasteiger charge is -2.27. The maximum Gasteiger partial charge on any atom is 0.311 e. The molecule has 0 aliphatic carbocycles. The highest BCUT2D eigenvalue weighted by atomic mass is 16.7. The average Bonchev–Trinajstić information content (AvgIpc) is 2.82. The summed E-state index contributed by atoms with van der Waals surface area (Å²) in [5.74, 6) is -1.30. The Balaban J connectivity index is 2.21. The zero-order valence-electron chi connectivity index (χ0n) is 11.3. The molecule has 5 nitrogen and oxygen atoms in total. The number of benzene rings is 1. The van der Waals surface area contributed by atoms with Crippen molar-refractivity contribution < 1.29 is 19.0 Å². The molecule has 0 aromatic heterocycles. The number of methoxy groups -OCH3 is 1. The van der Waals surface area contributed by atoms with Crippen molar-refractivity contribution in [3.63, 3.8) is 0 Å². The summed E-state index contributed by atoms with van der Waals surface area (Å²) in [6, 6.07) is 5.78. The number of anilines is 1. The third-order valence-electron chi connectivity index (χ3n) is 3.21. The van der Waals surface area contributed by atoms with E-state index in [1.54, 1.807) is 0 Å². The molecule has 0 unspecified atom stereocenters. The van der Waals surface area contributed by atoms with Crippen LogP contribution in [0.2, 0.25) is 0 Å². The molecule has 0 atom stereocenters. The van der Waals surface area contributed by atoms with Crippen LogP contribution in [0.3, 0.4) is 0 Å². The van der Waals surface area contributed by atoms with Gasteiger partial charge in [-0.3, -0.25) is 4.79 Å². The van der Waals surface area contributed by atoms with E-state index < -0.39 is 5.79 Å². The van der Waals surface area contributed by atoms with Gasteiger partial charge in [0.1, 0.15) is 0 Å². The summed E-state index contributed by atoms with van der Waals surface area (Å²) in [5.41, 5.74) is 8.67. The van der Waals surface area contributed by atoms with Crippen molar-refractivity contribution in [2.24, 2.45) is 0 Å². The Morgan fingerprint density at radius 1 is 1.42 bits per heavy atom. The van der Waals surface area contributed by atoms with E-state index in [1.807, 2.05) is 25.1 Å². The number of carbonyl (C=O) groups is 1. The highest BCUT2D eigenvalue weighted by molar-refractivity contribution is 5.70. The summed E-state index contributed by atoms with van der Waals surface area (Å²) in [5, 5.41) is 0. The van der Waals surface area contributed by atoms with Gasteiger partial charge in [-0.25, -0.2) is 0 Å². The predicted molar refractivity (Wildman–Crippen MR) is 70.6 cm³/mol. The van der Waals surface area contributed by atoms with Gasteiger partial charge in [0.05, 0.1) is 26.7 Å². The second kappa shape index (κ2) is 5.59. The van der Waals surface area contributed by atoms with Gasteiger partial charge in [-0.1, -0.05) is 17.7 Å². The molecule has 1 aromatic carbocycles. The second-order valence-electron chi connectivity index (χ2n) is 4.74. The number of esters is 1. The molecule has 1 aliphatic heterocycles. The summed E-state index contributed by atoms with van der Waals surface area (Å²) < 4.78 is 16.0. The largest absolute Gasteiger partial charge is 0.469 e. The number of nitrogen functional groups attached to an aromatic ring is 1. The molecule has 0 amide bonds. The molecule has 2 rings (SSSR count). The fourth-order valence-corrected chi connectivity index (χ4v) is 2.23. The van der Waals surface area contributed by atoms with Crippen LogP contribution in [0.1, 0.15) is 17.5 Å². The number of hydrogen-bond donors (Lipinski definition) is 1. The van der Waals surface area contributed by atoms with Crippen LogP contribution in [0.15, 0.2) is 18.2 Å². The monoisotopic (exact) mass is 265 g/mol. The van der Waals surface area contributed by atoms with Crippen LogP contribution < -0.4 is 5.73 Å². The molecule has 1 aliphatic rings. The lowest BCUT2D eigenvalue weighted by Crippen LogP contribution is -2.36. The van der Waals surface area contributed by atoms with Crippen LogP contribution in [0.25, 0.3) is 0 Å². The number of aryl methyl sites for hydroxylation is 1. The Labute approximate surface area is 112 Å². The van der Waals surface area contributed by atoms with E-state index in [1.165, 1.54) is 7.11 Å². The summed E-state index contributed by atoms with van der Waals surface area (Å²) >= 11 is 0. The van der Waals surface area contributed by atoms with Gasteiger partial charge in [-0.15, -0.1) is 0 Å². The molecule has 0 radical (unpaired) electrons. The first-order valence-electron chi connectivity index (χ1n) is 6.24. The Kier molecular flexibility index (Phi) is 4.07. The minimum absolute atomic E-state index is 0.0664. The van der Waals surface area contributed by atoms with Gasteiger partial charge < -0.3 is 19.9 Å². The number of ether oxygens (including phenoxy) is 3. The van der Waals surface area contributed by atoms with Gasteiger partial charge in [0.2, 0.25) is 0 Å². The van der Waals surface area contributed by atoms with Crippen LogP contribution >= 0.6 is 0 Å².